The van der Waals surface area contributed by atoms with E-state index in [1.807, 2.05) is 31.2 Å². The number of hydrogen-bond donors (Lipinski definition) is 4. The maximum absolute atomic E-state index is 13.8. The third kappa shape index (κ3) is 8.79. The average Bonchev–Trinajstić information content (AvgIpc) is 3.36. The summed E-state index contributed by atoms with van der Waals surface area (Å²) in [4.78, 5) is 16.9. The molecule has 216 valence electrons. The Morgan fingerprint density at radius 3 is 2.44 bits per heavy atom. The highest BCUT2D eigenvalue weighted by molar-refractivity contribution is 14.1. The summed E-state index contributed by atoms with van der Waals surface area (Å²) in [7, 11) is -4.02. The van der Waals surface area contributed by atoms with Gasteiger partial charge in [0, 0.05) is 22.7 Å². The van der Waals surface area contributed by atoms with Crippen LogP contribution in [0, 0.1) is 22.1 Å². The molecule has 0 radical (unpaired) electrons. The van der Waals surface area contributed by atoms with Gasteiger partial charge in [-0.25, -0.2) is 21.9 Å². The van der Waals surface area contributed by atoms with Gasteiger partial charge in [-0.2, -0.15) is 4.98 Å². The van der Waals surface area contributed by atoms with Gasteiger partial charge < -0.3 is 20.2 Å². The number of hydrogen-bond acceptors (Lipinski definition) is 7. The topological polar surface area (TPSA) is 134 Å². The Morgan fingerprint density at radius 2 is 1.76 bits per heavy atom. The fraction of sp³-hybridized carbons (Fsp3) is 0.214. The van der Waals surface area contributed by atoms with Gasteiger partial charge in [0.1, 0.15) is 17.9 Å². The first-order valence-corrected chi connectivity index (χ1v) is 15.0. The third-order valence-electron chi connectivity index (χ3n) is 6.02. The van der Waals surface area contributed by atoms with Gasteiger partial charge in [-0.3, -0.25) is 4.79 Å². The van der Waals surface area contributed by atoms with E-state index in [0.29, 0.717) is 6.54 Å². The van der Waals surface area contributed by atoms with Crippen molar-refractivity contribution in [2.75, 3.05) is 11.3 Å². The van der Waals surface area contributed by atoms with Crippen molar-refractivity contribution in [1.29, 1.82) is 0 Å². The molecule has 4 rings (SSSR count). The lowest BCUT2D eigenvalue weighted by Crippen LogP contribution is -2.48. The second kappa shape index (κ2) is 13.5. The van der Waals surface area contributed by atoms with Crippen LogP contribution in [-0.2, 0) is 23.0 Å². The molecule has 0 aliphatic rings. The molecule has 1 heterocycles. The van der Waals surface area contributed by atoms with Crippen LogP contribution in [0.4, 0.5) is 14.8 Å². The van der Waals surface area contributed by atoms with Crippen LogP contribution in [0.5, 0.6) is 0 Å². The van der Waals surface area contributed by atoms with Gasteiger partial charge in [0.25, 0.3) is 15.9 Å². The van der Waals surface area contributed by atoms with E-state index in [-0.39, 0.29) is 29.1 Å². The predicted octanol–water partition coefficient (Wildman–Crippen LogP) is 4.16. The van der Waals surface area contributed by atoms with Crippen molar-refractivity contribution in [3.05, 3.63) is 111 Å². The van der Waals surface area contributed by atoms with E-state index in [4.69, 9.17) is 4.42 Å². The van der Waals surface area contributed by atoms with Crippen LogP contribution in [0.1, 0.15) is 27.2 Å². The summed E-state index contributed by atoms with van der Waals surface area (Å²) < 4.78 is 61.3. The van der Waals surface area contributed by atoms with E-state index >= 15 is 0 Å². The van der Waals surface area contributed by atoms with E-state index in [9.17, 15) is 27.1 Å². The molecule has 1 aromatic heterocycles. The number of amides is 1. The predicted molar refractivity (Wildman–Crippen MR) is 157 cm³/mol. The van der Waals surface area contributed by atoms with Gasteiger partial charge in [-0.05, 0) is 83.5 Å². The van der Waals surface area contributed by atoms with Crippen LogP contribution in [0.15, 0.2) is 82.3 Å². The van der Waals surface area contributed by atoms with Crippen LogP contribution in [-0.4, -0.2) is 43.1 Å². The largest absolute Gasteiger partial charge is 0.431 e. The number of carbonyl (C=O) groups is 1. The van der Waals surface area contributed by atoms with Crippen molar-refractivity contribution in [2.45, 2.75) is 36.9 Å². The average molecular weight is 697 g/mol. The number of aromatic nitrogens is 1. The Balaban J connectivity index is 1.46. The van der Waals surface area contributed by atoms with E-state index in [2.05, 4.69) is 42.9 Å². The van der Waals surface area contributed by atoms with Crippen LogP contribution >= 0.6 is 22.6 Å². The third-order valence-corrected chi connectivity index (χ3v) is 8.03. The Labute approximate surface area is 249 Å². The molecule has 41 heavy (non-hydrogen) atoms. The number of rotatable bonds is 12. The first-order valence-electron chi connectivity index (χ1n) is 12.4. The SMILES string of the molecule is Cc1ccc(S(=O)(=O)Nc2nc(C(=O)NC(Cc3cc(F)cc(F)c3)C(O)CNCc3cccc(I)c3)co2)cc1. The van der Waals surface area contributed by atoms with Crippen molar-refractivity contribution >= 4 is 44.5 Å². The van der Waals surface area contributed by atoms with Crippen LogP contribution in [0.2, 0.25) is 0 Å². The number of carbonyl (C=O) groups excluding carboxylic acids is 1. The molecule has 1 amide bonds. The van der Waals surface area contributed by atoms with E-state index in [1.165, 1.54) is 12.1 Å². The highest BCUT2D eigenvalue weighted by Gasteiger charge is 2.25. The van der Waals surface area contributed by atoms with Gasteiger partial charge in [0.05, 0.1) is 17.0 Å². The number of sulfonamides is 1. The number of nitrogens with one attached hydrogen (secondary N) is 3. The van der Waals surface area contributed by atoms with Gasteiger partial charge >= 0.3 is 6.01 Å². The number of nitrogens with zero attached hydrogens (tertiary/aromatic N) is 1. The van der Waals surface area contributed by atoms with Gasteiger partial charge in [0.15, 0.2) is 5.69 Å². The summed E-state index contributed by atoms with van der Waals surface area (Å²) in [5.74, 6) is -2.37. The Hall–Kier alpha value is -3.40. The fourth-order valence-electron chi connectivity index (χ4n) is 3.98. The molecule has 9 nitrogen and oxygen atoms in total. The molecular formula is C28H27F2IN4O5S. The normalized spacial score (nSPS) is 13.0. The molecular weight excluding hydrogens is 669 g/mol. The summed E-state index contributed by atoms with van der Waals surface area (Å²) in [6.45, 7) is 2.31. The van der Waals surface area contributed by atoms with E-state index < -0.39 is 45.7 Å². The molecule has 0 saturated carbocycles. The minimum atomic E-state index is -4.02. The number of benzene rings is 3. The summed E-state index contributed by atoms with van der Waals surface area (Å²) in [6, 6.07) is 15.4. The summed E-state index contributed by atoms with van der Waals surface area (Å²) in [6.07, 6.45) is -0.306. The number of aliphatic hydroxyl groups excluding tert-OH is 1. The minimum absolute atomic E-state index is 0.0180. The first-order chi connectivity index (χ1) is 19.5. The standard InChI is InChI=1S/C28H27F2IN4O5S/c1-17-5-7-23(8-6-17)41(38,39)35-28-34-25(16-40-28)27(37)33-24(12-19-9-20(29)13-21(30)10-19)26(36)15-32-14-18-3-2-4-22(31)11-18/h2-11,13,16,24,26,32,36H,12,14-15H2,1H3,(H,33,37)(H,34,35). The molecule has 2 atom stereocenters. The number of anilines is 1. The fourth-order valence-corrected chi connectivity index (χ4v) is 5.52. The monoisotopic (exact) mass is 696 g/mol. The second-order valence-electron chi connectivity index (χ2n) is 9.35. The number of aliphatic hydroxyl groups is 1. The minimum Gasteiger partial charge on any atom is -0.431 e. The summed E-state index contributed by atoms with van der Waals surface area (Å²) >= 11 is 2.19. The van der Waals surface area contributed by atoms with Gasteiger partial charge in [0.2, 0.25) is 0 Å². The van der Waals surface area contributed by atoms with Gasteiger partial charge in [-0.15, -0.1) is 0 Å². The first kappa shape index (κ1) is 30.6. The summed E-state index contributed by atoms with van der Waals surface area (Å²) in [5.41, 5.74) is 1.82. The van der Waals surface area contributed by atoms with Crippen molar-refractivity contribution in [3.8, 4) is 0 Å². The maximum atomic E-state index is 13.8. The molecule has 3 aromatic carbocycles. The Bertz CT molecular complexity index is 1600. The van der Waals surface area contributed by atoms with Crippen LogP contribution in [0.3, 0.4) is 0 Å². The van der Waals surface area contributed by atoms with Crippen molar-refractivity contribution < 1.29 is 31.5 Å². The summed E-state index contributed by atoms with van der Waals surface area (Å²) in [5, 5.41) is 16.7. The molecule has 0 aliphatic carbocycles. The van der Waals surface area contributed by atoms with Gasteiger partial charge in [-0.1, -0.05) is 29.8 Å². The number of oxazole rings is 1. The van der Waals surface area contributed by atoms with E-state index in [1.54, 1.807) is 12.1 Å². The zero-order valence-electron chi connectivity index (χ0n) is 21.8. The maximum Gasteiger partial charge on any atom is 0.309 e. The molecule has 4 aromatic rings. The lowest BCUT2D eigenvalue weighted by Gasteiger charge is -2.24. The Kier molecular flexibility index (Phi) is 10.1. The molecule has 13 heteroatoms. The quantitative estimate of drug-likeness (QED) is 0.164. The second-order valence-corrected chi connectivity index (χ2v) is 12.3. The molecule has 0 bridgehead atoms. The lowest BCUT2D eigenvalue weighted by molar-refractivity contribution is 0.0825. The van der Waals surface area contributed by atoms with E-state index in [0.717, 1.165) is 39.2 Å². The number of halogens is 3. The number of aryl methyl sites for hydroxylation is 1. The Morgan fingerprint density at radius 1 is 1.05 bits per heavy atom. The van der Waals surface area contributed by atoms with Crippen molar-refractivity contribution in [1.82, 2.24) is 15.6 Å². The highest BCUT2D eigenvalue weighted by atomic mass is 127. The lowest BCUT2D eigenvalue weighted by atomic mass is 10.0. The molecule has 4 N–H and O–H groups in total. The van der Waals surface area contributed by atoms with Crippen LogP contribution in [0.25, 0.3) is 0 Å². The zero-order chi connectivity index (χ0) is 29.6. The van der Waals surface area contributed by atoms with Crippen LogP contribution < -0.4 is 15.4 Å². The molecule has 0 aliphatic heterocycles. The van der Waals surface area contributed by atoms with Crippen molar-refractivity contribution in [2.24, 2.45) is 0 Å². The smallest absolute Gasteiger partial charge is 0.309 e. The van der Waals surface area contributed by atoms with Crippen molar-refractivity contribution in [3.63, 3.8) is 0 Å². The molecule has 0 saturated heterocycles. The molecule has 0 fully saturated rings. The zero-order valence-corrected chi connectivity index (χ0v) is 24.7. The highest BCUT2D eigenvalue weighted by Crippen LogP contribution is 2.17. The molecule has 0 spiro atoms. The molecule has 2 unspecified atom stereocenters.